The lowest BCUT2D eigenvalue weighted by atomic mass is 10.1. The van der Waals surface area contributed by atoms with Crippen LogP contribution in [0.2, 0.25) is 0 Å². The second-order valence-electron chi connectivity index (χ2n) is 4.15. The third-order valence-electron chi connectivity index (χ3n) is 2.75. The molecule has 0 unspecified atom stereocenters. The predicted octanol–water partition coefficient (Wildman–Crippen LogP) is 2.20. The highest BCUT2D eigenvalue weighted by molar-refractivity contribution is 7.14. The van der Waals surface area contributed by atoms with Crippen LogP contribution in [0.1, 0.15) is 5.56 Å². The number of hydrogen-bond acceptors (Lipinski definition) is 6. The number of fused-ring (bicyclic) bond motifs is 1. The lowest BCUT2D eigenvalue weighted by Gasteiger charge is -1.99. The monoisotopic (exact) mass is 290 g/mol. The number of aryl methyl sites for hydroxylation is 1. The van der Waals surface area contributed by atoms with E-state index in [1.807, 2.05) is 0 Å². The number of hydrazone groups is 1. The fraction of sp³-hybridized carbons (Fsp3) is 0.0833. The van der Waals surface area contributed by atoms with Crippen LogP contribution in [0.4, 0.5) is 15.3 Å². The van der Waals surface area contributed by atoms with Gasteiger partial charge in [-0.2, -0.15) is 10.2 Å². The molecule has 0 radical (unpaired) electrons. The molecule has 0 aliphatic heterocycles. The molecule has 1 aromatic carbocycles. The zero-order chi connectivity index (χ0) is 14.1. The third-order valence-corrected chi connectivity index (χ3v) is 3.52. The van der Waals surface area contributed by atoms with Gasteiger partial charge < -0.3 is 5.73 Å². The van der Waals surface area contributed by atoms with E-state index in [1.165, 1.54) is 23.6 Å². The smallest absolute Gasteiger partial charge is 0.205 e. The number of aromatic nitrogens is 3. The Morgan fingerprint density at radius 3 is 3.10 bits per heavy atom. The summed E-state index contributed by atoms with van der Waals surface area (Å²) in [6.45, 7) is 0. The Labute approximate surface area is 117 Å². The van der Waals surface area contributed by atoms with Gasteiger partial charge in [0.15, 0.2) is 0 Å². The number of nitrogens with zero attached hydrogens (tertiary/aromatic N) is 4. The van der Waals surface area contributed by atoms with Gasteiger partial charge in [0.2, 0.25) is 5.13 Å². The van der Waals surface area contributed by atoms with Crippen molar-refractivity contribution in [3.63, 3.8) is 0 Å². The van der Waals surface area contributed by atoms with Crippen molar-refractivity contribution >= 4 is 39.4 Å². The topological polar surface area (TPSA) is 81.1 Å². The molecular formula is C12H11FN6S. The molecule has 0 saturated heterocycles. The van der Waals surface area contributed by atoms with Gasteiger partial charge in [-0.25, -0.2) is 9.37 Å². The molecule has 6 nitrogen and oxygen atoms in total. The van der Waals surface area contributed by atoms with Crippen molar-refractivity contribution in [2.75, 3.05) is 11.2 Å². The van der Waals surface area contributed by atoms with Crippen LogP contribution in [-0.2, 0) is 7.05 Å². The Morgan fingerprint density at radius 1 is 1.50 bits per heavy atom. The fourth-order valence-corrected chi connectivity index (χ4v) is 2.33. The summed E-state index contributed by atoms with van der Waals surface area (Å²) in [6.07, 6.45) is 3.02. The van der Waals surface area contributed by atoms with Gasteiger partial charge in [0, 0.05) is 23.4 Å². The number of thiazole rings is 1. The van der Waals surface area contributed by atoms with Crippen LogP contribution in [0.25, 0.3) is 10.9 Å². The number of nitrogens with two attached hydrogens (primary N) is 1. The Morgan fingerprint density at radius 2 is 2.35 bits per heavy atom. The molecule has 8 heteroatoms. The third kappa shape index (κ3) is 2.32. The zero-order valence-electron chi connectivity index (χ0n) is 10.5. The molecule has 102 valence electrons. The summed E-state index contributed by atoms with van der Waals surface area (Å²) >= 11 is 1.33. The fourth-order valence-electron chi connectivity index (χ4n) is 1.78. The van der Waals surface area contributed by atoms with Crippen LogP contribution >= 0.6 is 11.3 Å². The van der Waals surface area contributed by atoms with Crippen molar-refractivity contribution in [1.82, 2.24) is 14.8 Å². The van der Waals surface area contributed by atoms with Crippen molar-refractivity contribution < 1.29 is 4.39 Å². The van der Waals surface area contributed by atoms with Crippen LogP contribution < -0.4 is 11.2 Å². The number of nitrogens with one attached hydrogen (secondary N) is 1. The summed E-state index contributed by atoms with van der Waals surface area (Å²) in [5, 5.41) is 11.0. The van der Waals surface area contributed by atoms with E-state index in [1.54, 1.807) is 29.4 Å². The summed E-state index contributed by atoms with van der Waals surface area (Å²) in [4.78, 5) is 3.98. The van der Waals surface area contributed by atoms with Gasteiger partial charge in [0.1, 0.15) is 11.6 Å². The normalized spacial score (nSPS) is 11.5. The summed E-state index contributed by atoms with van der Waals surface area (Å²) in [5.74, 6) is 0.0740. The Balaban J connectivity index is 1.86. The highest BCUT2D eigenvalue weighted by Crippen LogP contribution is 2.18. The molecule has 0 aliphatic rings. The van der Waals surface area contributed by atoms with Crippen molar-refractivity contribution in [2.24, 2.45) is 12.1 Å². The molecular weight excluding hydrogens is 279 g/mol. The Hall–Kier alpha value is -2.48. The Kier molecular flexibility index (Phi) is 3.07. The number of halogens is 1. The molecule has 20 heavy (non-hydrogen) atoms. The number of benzene rings is 1. The van der Waals surface area contributed by atoms with Crippen molar-refractivity contribution in [3.05, 3.63) is 35.1 Å². The number of hydrogen-bond donors (Lipinski definition) is 2. The second kappa shape index (κ2) is 4.89. The van der Waals surface area contributed by atoms with E-state index in [-0.39, 0.29) is 5.82 Å². The maximum absolute atomic E-state index is 13.9. The number of rotatable bonds is 3. The van der Waals surface area contributed by atoms with Crippen LogP contribution in [0.5, 0.6) is 0 Å². The standard InChI is InChI=1S/C12H11FN6S/c1-19-10-3-7(9(13)2-8(10)5-16-19)4-15-18-12-17-11(14)6-20-12/h2-6H,14H2,1H3,(H,17,18). The van der Waals surface area contributed by atoms with Gasteiger partial charge in [-0.05, 0) is 12.1 Å². The first-order valence-electron chi connectivity index (χ1n) is 5.75. The molecule has 2 aromatic heterocycles. The van der Waals surface area contributed by atoms with E-state index < -0.39 is 0 Å². The Bertz CT molecular complexity index is 790. The second-order valence-corrected chi connectivity index (χ2v) is 5.01. The molecule has 3 aromatic rings. The highest BCUT2D eigenvalue weighted by atomic mass is 32.1. The minimum Gasteiger partial charge on any atom is -0.383 e. The molecule has 0 bridgehead atoms. The zero-order valence-corrected chi connectivity index (χ0v) is 11.4. The molecule has 2 heterocycles. The van der Waals surface area contributed by atoms with E-state index in [0.29, 0.717) is 16.5 Å². The van der Waals surface area contributed by atoms with Crippen LogP contribution in [0.15, 0.2) is 28.8 Å². The summed E-state index contributed by atoms with van der Waals surface area (Å²) in [7, 11) is 1.80. The first kappa shape index (κ1) is 12.5. The number of nitrogen functional groups attached to an aromatic ring is 1. The lowest BCUT2D eigenvalue weighted by Crippen LogP contribution is -1.95. The minimum absolute atomic E-state index is 0.352. The summed E-state index contributed by atoms with van der Waals surface area (Å²) < 4.78 is 15.6. The molecule has 0 spiro atoms. The van der Waals surface area contributed by atoms with E-state index >= 15 is 0 Å². The minimum atomic E-state index is -0.352. The van der Waals surface area contributed by atoms with Crippen molar-refractivity contribution in [2.45, 2.75) is 0 Å². The summed E-state index contributed by atoms with van der Waals surface area (Å²) in [6, 6.07) is 3.13. The first-order chi connectivity index (χ1) is 9.63. The molecule has 0 fully saturated rings. The molecule has 3 N–H and O–H groups in total. The van der Waals surface area contributed by atoms with E-state index in [4.69, 9.17) is 5.73 Å². The van der Waals surface area contributed by atoms with Crippen LogP contribution in [-0.4, -0.2) is 21.0 Å². The van der Waals surface area contributed by atoms with Crippen LogP contribution in [0.3, 0.4) is 0 Å². The van der Waals surface area contributed by atoms with Gasteiger partial charge in [0.25, 0.3) is 0 Å². The van der Waals surface area contributed by atoms with Gasteiger partial charge >= 0.3 is 0 Å². The predicted molar refractivity (Wildman–Crippen MR) is 78.4 cm³/mol. The van der Waals surface area contributed by atoms with E-state index in [0.717, 1.165) is 10.9 Å². The lowest BCUT2D eigenvalue weighted by molar-refractivity contribution is 0.627. The SMILES string of the molecule is Cn1ncc2cc(F)c(C=NNc3nc(N)cs3)cc21. The summed E-state index contributed by atoms with van der Waals surface area (Å²) in [5.41, 5.74) is 9.41. The van der Waals surface area contributed by atoms with Crippen molar-refractivity contribution in [3.8, 4) is 0 Å². The van der Waals surface area contributed by atoms with Crippen molar-refractivity contribution in [1.29, 1.82) is 0 Å². The van der Waals surface area contributed by atoms with Crippen LogP contribution in [0, 0.1) is 5.82 Å². The maximum atomic E-state index is 13.9. The van der Waals surface area contributed by atoms with E-state index in [2.05, 4.69) is 20.6 Å². The average molecular weight is 290 g/mol. The largest absolute Gasteiger partial charge is 0.383 e. The molecule has 0 saturated carbocycles. The molecule has 3 rings (SSSR count). The van der Waals surface area contributed by atoms with Gasteiger partial charge in [-0.3, -0.25) is 10.1 Å². The maximum Gasteiger partial charge on any atom is 0.205 e. The van der Waals surface area contributed by atoms with Gasteiger partial charge in [-0.15, -0.1) is 11.3 Å². The highest BCUT2D eigenvalue weighted by Gasteiger charge is 2.06. The first-order valence-corrected chi connectivity index (χ1v) is 6.63. The molecule has 0 amide bonds. The number of anilines is 2. The van der Waals surface area contributed by atoms with Gasteiger partial charge in [-0.1, -0.05) is 0 Å². The quantitative estimate of drug-likeness (QED) is 0.572. The average Bonchev–Trinajstić information content (AvgIpc) is 2.98. The molecule has 0 aliphatic carbocycles. The van der Waals surface area contributed by atoms with E-state index in [9.17, 15) is 4.39 Å². The molecule has 0 atom stereocenters. The van der Waals surface area contributed by atoms with Gasteiger partial charge in [0.05, 0.1) is 17.9 Å².